The van der Waals surface area contributed by atoms with E-state index in [9.17, 15) is 4.79 Å². The molecule has 3 N–H and O–H groups in total. The van der Waals surface area contributed by atoms with E-state index in [1.54, 1.807) is 24.5 Å². The maximum absolute atomic E-state index is 13.2. The van der Waals surface area contributed by atoms with Gasteiger partial charge >= 0.3 is 0 Å². The first kappa shape index (κ1) is 21.7. The van der Waals surface area contributed by atoms with Gasteiger partial charge in [0, 0.05) is 11.1 Å². The van der Waals surface area contributed by atoms with Crippen molar-refractivity contribution < 1.29 is 9.53 Å². The van der Waals surface area contributed by atoms with Crippen LogP contribution in [0.25, 0.3) is 16.2 Å². The standard InChI is InChI=1S/C24H23N7O2S/c1-14-8-9-21(34-14)19-11-25-23-18(29-17-6-4-5-7-20(17)33-3)10-16(12-31(19)23)24(32)28-15(2)22-26-13-27-30-22/h4-13,15,29H,1-3H3,(H,28,32)(H,26,27,30). The van der Waals surface area contributed by atoms with E-state index in [1.807, 2.05) is 48.0 Å². The number of hydrogen-bond acceptors (Lipinski definition) is 7. The van der Waals surface area contributed by atoms with Gasteiger partial charge in [0.1, 0.15) is 17.9 Å². The predicted octanol–water partition coefficient (Wildman–Crippen LogP) is 4.73. The monoisotopic (exact) mass is 473 g/mol. The molecule has 0 aliphatic heterocycles. The lowest BCUT2D eigenvalue weighted by Gasteiger charge is -2.15. The molecule has 0 saturated carbocycles. The van der Waals surface area contributed by atoms with Crippen LogP contribution in [0.3, 0.4) is 0 Å². The summed E-state index contributed by atoms with van der Waals surface area (Å²) in [5.41, 5.74) is 3.55. The average molecular weight is 474 g/mol. The van der Waals surface area contributed by atoms with Gasteiger partial charge in [-0.1, -0.05) is 12.1 Å². The van der Waals surface area contributed by atoms with E-state index < -0.39 is 0 Å². The van der Waals surface area contributed by atoms with Crippen molar-refractivity contribution in [3.8, 4) is 16.3 Å². The zero-order chi connectivity index (χ0) is 23.7. The SMILES string of the molecule is COc1ccccc1Nc1cc(C(=O)NC(C)c2ncn[nH]2)cn2c(-c3ccc(C)s3)cnc12. The molecule has 1 amide bonds. The van der Waals surface area contributed by atoms with E-state index in [-0.39, 0.29) is 11.9 Å². The summed E-state index contributed by atoms with van der Waals surface area (Å²) >= 11 is 1.68. The van der Waals surface area contributed by atoms with Gasteiger partial charge in [-0.25, -0.2) is 9.97 Å². The number of H-pyrrole nitrogens is 1. The van der Waals surface area contributed by atoms with Crippen molar-refractivity contribution in [3.05, 3.63) is 77.5 Å². The number of hydrogen-bond donors (Lipinski definition) is 3. The summed E-state index contributed by atoms with van der Waals surface area (Å²) in [6.07, 6.45) is 5.05. The number of aryl methyl sites for hydroxylation is 1. The van der Waals surface area contributed by atoms with Gasteiger partial charge in [-0.15, -0.1) is 11.3 Å². The maximum Gasteiger partial charge on any atom is 0.253 e. The summed E-state index contributed by atoms with van der Waals surface area (Å²) in [6.45, 7) is 3.91. The Morgan fingerprint density at radius 2 is 2.03 bits per heavy atom. The number of aromatic nitrogens is 5. The smallest absolute Gasteiger partial charge is 0.253 e. The molecule has 0 aliphatic rings. The van der Waals surface area contributed by atoms with Crippen molar-refractivity contribution in [2.24, 2.45) is 0 Å². The normalized spacial score (nSPS) is 12.0. The molecule has 34 heavy (non-hydrogen) atoms. The van der Waals surface area contributed by atoms with Crippen LogP contribution in [-0.4, -0.2) is 37.6 Å². The second-order valence-electron chi connectivity index (χ2n) is 7.78. The highest BCUT2D eigenvalue weighted by atomic mass is 32.1. The number of imidazole rings is 1. The first-order valence-corrected chi connectivity index (χ1v) is 11.5. The fraction of sp³-hybridized carbons (Fsp3) is 0.167. The van der Waals surface area contributed by atoms with Crippen LogP contribution >= 0.6 is 11.3 Å². The number of carbonyl (C=O) groups excluding carboxylic acids is 1. The van der Waals surface area contributed by atoms with Crippen LogP contribution in [-0.2, 0) is 0 Å². The highest BCUT2D eigenvalue weighted by Gasteiger charge is 2.19. The molecule has 10 heteroatoms. The van der Waals surface area contributed by atoms with Crippen LogP contribution < -0.4 is 15.4 Å². The molecule has 1 atom stereocenters. The third-order valence-electron chi connectivity index (χ3n) is 5.43. The summed E-state index contributed by atoms with van der Waals surface area (Å²) in [5.74, 6) is 1.03. The predicted molar refractivity (Wildman–Crippen MR) is 132 cm³/mol. The van der Waals surface area contributed by atoms with Crippen LogP contribution in [0.5, 0.6) is 5.75 Å². The number of pyridine rings is 1. The quantitative estimate of drug-likeness (QED) is 0.315. The first-order chi connectivity index (χ1) is 16.5. The summed E-state index contributed by atoms with van der Waals surface area (Å²) in [4.78, 5) is 24.3. The number of thiophene rings is 1. The molecule has 0 spiro atoms. The van der Waals surface area contributed by atoms with Gasteiger partial charge in [0.2, 0.25) is 0 Å². The number of nitrogens with one attached hydrogen (secondary N) is 3. The molecule has 1 unspecified atom stereocenters. The van der Waals surface area contributed by atoms with Crippen LogP contribution in [0.4, 0.5) is 11.4 Å². The molecular formula is C24H23N7O2S. The maximum atomic E-state index is 13.2. The Kier molecular flexibility index (Phi) is 5.72. The minimum Gasteiger partial charge on any atom is -0.495 e. The molecule has 5 rings (SSSR count). The van der Waals surface area contributed by atoms with Gasteiger partial charge < -0.3 is 15.4 Å². The lowest BCUT2D eigenvalue weighted by Crippen LogP contribution is -2.27. The number of methoxy groups -OCH3 is 1. The lowest BCUT2D eigenvalue weighted by molar-refractivity contribution is 0.0938. The number of benzene rings is 1. The van der Waals surface area contributed by atoms with E-state index in [0.29, 0.717) is 28.5 Å². The Bertz CT molecular complexity index is 1460. The number of fused-ring (bicyclic) bond motifs is 1. The summed E-state index contributed by atoms with van der Waals surface area (Å²) in [6, 6.07) is 13.2. The average Bonchev–Trinajstić information content (AvgIpc) is 3.60. The molecule has 4 heterocycles. The van der Waals surface area contributed by atoms with Gasteiger partial charge in [0.25, 0.3) is 5.91 Å². The Morgan fingerprint density at radius 3 is 2.76 bits per heavy atom. The third kappa shape index (κ3) is 4.11. The third-order valence-corrected chi connectivity index (χ3v) is 6.45. The molecule has 0 saturated heterocycles. The van der Waals surface area contributed by atoms with E-state index in [2.05, 4.69) is 49.9 Å². The van der Waals surface area contributed by atoms with Gasteiger partial charge in [-0.2, -0.15) is 5.10 Å². The second kappa shape index (κ2) is 8.99. The van der Waals surface area contributed by atoms with E-state index in [1.165, 1.54) is 11.2 Å². The van der Waals surface area contributed by atoms with E-state index >= 15 is 0 Å². The van der Waals surface area contributed by atoms with Gasteiger partial charge in [-0.05, 0) is 44.2 Å². The molecular weight excluding hydrogens is 450 g/mol. The summed E-state index contributed by atoms with van der Waals surface area (Å²) in [5, 5.41) is 13.0. The Balaban J connectivity index is 1.59. The number of anilines is 2. The Labute approximate surface area is 199 Å². The van der Waals surface area contributed by atoms with Crippen molar-refractivity contribution in [1.29, 1.82) is 0 Å². The molecule has 172 valence electrons. The van der Waals surface area contributed by atoms with Crippen molar-refractivity contribution in [2.75, 3.05) is 12.4 Å². The molecule has 4 aromatic heterocycles. The van der Waals surface area contributed by atoms with Gasteiger partial charge in [0.05, 0.1) is 46.9 Å². The van der Waals surface area contributed by atoms with E-state index in [4.69, 9.17) is 4.74 Å². The fourth-order valence-corrected chi connectivity index (χ4v) is 4.60. The highest BCUT2D eigenvalue weighted by molar-refractivity contribution is 7.15. The molecule has 9 nitrogen and oxygen atoms in total. The van der Waals surface area contributed by atoms with Crippen molar-refractivity contribution in [3.63, 3.8) is 0 Å². The van der Waals surface area contributed by atoms with Gasteiger partial charge in [0.15, 0.2) is 5.65 Å². The zero-order valence-electron chi connectivity index (χ0n) is 18.9. The molecule has 0 aliphatic carbocycles. The Morgan fingerprint density at radius 1 is 1.18 bits per heavy atom. The molecule has 1 aromatic carbocycles. The summed E-state index contributed by atoms with van der Waals surface area (Å²) in [7, 11) is 1.62. The topological polar surface area (TPSA) is 109 Å². The number of ether oxygens (including phenoxy) is 1. The summed E-state index contributed by atoms with van der Waals surface area (Å²) < 4.78 is 7.44. The zero-order valence-corrected chi connectivity index (χ0v) is 19.7. The number of nitrogens with zero attached hydrogens (tertiary/aromatic N) is 4. The number of para-hydroxylation sites is 2. The number of amides is 1. The molecule has 0 radical (unpaired) electrons. The van der Waals surface area contributed by atoms with E-state index in [0.717, 1.165) is 16.3 Å². The van der Waals surface area contributed by atoms with Crippen LogP contribution in [0.15, 0.2) is 61.2 Å². The minimum atomic E-state index is -0.335. The lowest BCUT2D eigenvalue weighted by atomic mass is 10.2. The fourth-order valence-electron chi connectivity index (χ4n) is 3.72. The first-order valence-electron chi connectivity index (χ1n) is 10.7. The number of rotatable bonds is 7. The number of aromatic amines is 1. The van der Waals surface area contributed by atoms with Gasteiger partial charge in [-0.3, -0.25) is 14.3 Å². The van der Waals surface area contributed by atoms with Crippen LogP contribution in [0, 0.1) is 6.92 Å². The largest absolute Gasteiger partial charge is 0.495 e. The van der Waals surface area contributed by atoms with Crippen LogP contribution in [0.2, 0.25) is 0 Å². The second-order valence-corrected chi connectivity index (χ2v) is 9.07. The minimum absolute atomic E-state index is 0.240. The van der Waals surface area contributed by atoms with Crippen molar-refractivity contribution in [1.82, 2.24) is 29.9 Å². The Hall–Kier alpha value is -4.18. The highest BCUT2D eigenvalue weighted by Crippen LogP contribution is 2.33. The number of carbonyl (C=O) groups is 1. The molecule has 0 fully saturated rings. The molecule has 0 bridgehead atoms. The molecule has 5 aromatic rings. The van der Waals surface area contributed by atoms with Crippen LogP contribution in [0.1, 0.15) is 34.0 Å². The van der Waals surface area contributed by atoms with Crippen molar-refractivity contribution in [2.45, 2.75) is 19.9 Å². The van der Waals surface area contributed by atoms with Crippen molar-refractivity contribution >= 4 is 34.3 Å².